The van der Waals surface area contributed by atoms with Crippen LogP contribution in [0.5, 0.6) is 0 Å². The van der Waals surface area contributed by atoms with Crippen molar-refractivity contribution in [1.29, 1.82) is 0 Å². The van der Waals surface area contributed by atoms with Gasteiger partial charge < -0.3 is 0 Å². The van der Waals surface area contributed by atoms with Crippen LogP contribution in [0.1, 0.15) is 0 Å². The van der Waals surface area contributed by atoms with E-state index < -0.39 is 20.0 Å². The van der Waals surface area contributed by atoms with Crippen molar-refractivity contribution in [3.05, 3.63) is 41.8 Å². The van der Waals surface area contributed by atoms with Gasteiger partial charge in [-0.25, -0.2) is 16.8 Å². The first kappa shape index (κ1) is 14.8. The molecule has 2 aromatic rings. The summed E-state index contributed by atoms with van der Waals surface area (Å²) in [5.41, 5.74) is 0.349. The van der Waals surface area contributed by atoms with Gasteiger partial charge in [0.2, 0.25) is 10.0 Å². The molecule has 20 heavy (non-hydrogen) atoms. The first-order chi connectivity index (χ1) is 9.28. The van der Waals surface area contributed by atoms with Crippen molar-refractivity contribution in [2.75, 3.05) is 15.7 Å². The van der Waals surface area contributed by atoms with E-state index in [2.05, 4.69) is 9.44 Å². The molecule has 1 aromatic heterocycles. The number of hydrogen-bond acceptors (Lipinski definition) is 5. The number of rotatable bonds is 5. The molecule has 0 spiro atoms. The molecule has 0 unspecified atom stereocenters. The third-order valence-electron chi connectivity index (χ3n) is 2.23. The van der Waals surface area contributed by atoms with E-state index in [0.717, 1.165) is 17.6 Å². The molecule has 0 atom stereocenters. The Hall–Kier alpha value is -1.58. The van der Waals surface area contributed by atoms with Gasteiger partial charge in [0.05, 0.1) is 17.6 Å². The highest BCUT2D eigenvalue weighted by atomic mass is 32.2. The van der Waals surface area contributed by atoms with Crippen molar-refractivity contribution < 1.29 is 16.8 Å². The standard InChI is InChI=1S/C11H12N2O4S3/c1-19(14,15)12-9-5-2-3-6-10(9)13-20(16,17)11-7-4-8-18-11/h2-8,12-13H,1H3. The Balaban J connectivity index is 2.35. The van der Waals surface area contributed by atoms with E-state index in [0.29, 0.717) is 0 Å². The fourth-order valence-corrected chi connectivity index (χ4v) is 4.12. The van der Waals surface area contributed by atoms with Gasteiger partial charge in [0.1, 0.15) is 4.21 Å². The zero-order valence-corrected chi connectivity index (χ0v) is 12.8. The molecule has 2 rings (SSSR count). The molecule has 0 radical (unpaired) electrons. The molecule has 6 nitrogen and oxygen atoms in total. The molecule has 0 aliphatic carbocycles. The molecular weight excluding hydrogens is 320 g/mol. The summed E-state index contributed by atoms with van der Waals surface area (Å²) in [5.74, 6) is 0. The van der Waals surface area contributed by atoms with Crippen LogP contribution in [0.2, 0.25) is 0 Å². The van der Waals surface area contributed by atoms with Crippen molar-refractivity contribution in [2.24, 2.45) is 0 Å². The van der Waals surface area contributed by atoms with Gasteiger partial charge in [0.25, 0.3) is 10.0 Å². The summed E-state index contributed by atoms with van der Waals surface area (Å²) in [6.07, 6.45) is 0.998. The largest absolute Gasteiger partial charge is 0.282 e. The lowest BCUT2D eigenvalue weighted by Gasteiger charge is -2.12. The van der Waals surface area contributed by atoms with Crippen LogP contribution in [0.3, 0.4) is 0 Å². The topological polar surface area (TPSA) is 92.3 Å². The third-order valence-corrected chi connectivity index (χ3v) is 5.58. The number of anilines is 2. The SMILES string of the molecule is CS(=O)(=O)Nc1ccccc1NS(=O)(=O)c1cccs1. The molecule has 0 bridgehead atoms. The van der Waals surface area contributed by atoms with Crippen molar-refractivity contribution in [3.8, 4) is 0 Å². The summed E-state index contributed by atoms with van der Waals surface area (Å²) in [6, 6.07) is 9.28. The predicted molar refractivity (Wildman–Crippen MR) is 80.0 cm³/mol. The first-order valence-corrected chi connectivity index (χ1v) is 9.66. The molecule has 0 fully saturated rings. The Morgan fingerprint density at radius 3 is 2.00 bits per heavy atom. The Bertz CT molecular complexity index is 796. The van der Waals surface area contributed by atoms with Gasteiger partial charge in [0.15, 0.2) is 0 Å². The van der Waals surface area contributed by atoms with Crippen LogP contribution in [0.25, 0.3) is 0 Å². The number of thiophene rings is 1. The van der Waals surface area contributed by atoms with Crippen molar-refractivity contribution in [3.63, 3.8) is 0 Å². The number of hydrogen-bond donors (Lipinski definition) is 2. The first-order valence-electron chi connectivity index (χ1n) is 5.41. The highest BCUT2D eigenvalue weighted by Gasteiger charge is 2.17. The predicted octanol–water partition coefficient (Wildman–Crippen LogP) is 1.92. The molecule has 0 saturated heterocycles. The smallest absolute Gasteiger partial charge is 0.271 e. The third kappa shape index (κ3) is 3.71. The van der Waals surface area contributed by atoms with E-state index >= 15 is 0 Å². The summed E-state index contributed by atoms with van der Waals surface area (Å²) >= 11 is 1.08. The van der Waals surface area contributed by atoms with Crippen LogP contribution >= 0.6 is 11.3 Å². The van der Waals surface area contributed by atoms with Crippen LogP contribution in [-0.4, -0.2) is 23.1 Å². The van der Waals surface area contributed by atoms with Crippen molar-refractivity contribution in [2.45, 2.75) is 4.21 Å². The Morgan fingerprint density at radius 2 is 1.50 bits per heavy atom. The Kier molecular flexibility index (Phi) is 4.02. The fourth-order valence-electron chi connectivity index (χ4n) is 1.47. The second-order valence-corrected chi connectivity index (χ2v) is 8.56. The zero-order valence-electron chi connectivity index (χ0n) is 10.4. The summed E-state index contributed by atoms with van der Waals surface area (Å²) in [4.78, 5) is 0. The van der Waals surface area contributed by atoms with E-state index in [-0.39, 0.29) is 15.6 Å². The molecule has 1 aromatic carbocycles. The van der Waals surface area contributed by atoms with Crippen LogP contribution in [0, 0.1) is 0 Å². The number of para-hydroxylation sites is 2. The summed E-state index contributed by atoms with van der Waals surface area (Å²) in [5, 5.41) is 1.65. The lowest BCUT2D eigenvalue weighted by Crippen LogP contribution is -2.15. The minimum Gasteiger partial charge on any atom is -0.282 e. The van der Waals surface area contributed by atoms with Gasteiger partial charge >= 0.3 is 0 Å². The number of sulfonamides is 2. The van der Waals surface area contributed by atoms with Gasteiger partial charge in [0, 0.05) is 0 Å². The lowest BCUT2D eigenvalue weighted by atomic mass is 10.3. The molecule has 0 aliphatic heterocycles. The van der Waals surface area contributed by atoms with Gasteiger partial charge in [-0.05, 0) is 23.6 Å². The van der Waals surface area contributed by atoms with Crippen LogP contribution in [-0.2, 0) is 20.0 Å². The molecule has 0 saturated carbocycles. The Labute approximate surface area is 121 Å². The maximum absolute atomic E-state index is 12.1. The number of nitrogens with one attached hydrogen (secondary N) is 2. The normalized spacial score (nSPS) is 12.1. The molecule has 0 amide bonds. The van der Waals surface area contributed by atoms with E-state index in [1.807, 2.05) is 0 Å². The number of benzene rings is 1. The highest BCUT2D eigenvalue weighted by molar-refractivity contribution is 7.94. The van der Waals surface area contributed by atoms with Crippen LogP contribution < -0.4 is 9.44 Å². The van der Waals surface area contributed by atoms with Crippen LogP contribution in [0.4, 0.5) is 11.4 Å². The molecule has 0 aliphatic rings. The van der Waals surface area contributed by atoms with E-state index in [4.69, 9.17) is 0 Å². The van der Waals surface area contributed by atoms with Crippen LogP contribution in [0.15, 0.2) is 46.0 Å². The van der Waals surface area contributed by atoms with Gasteiger partial charge in [-0.1, -0.05) is 18.2 Å². The minimum absolute atomic E-state index is 0.159. The monoisotopic (exact) mass is 332 g/mol. The summed E-state index contributed by atoms with van der Waals surface area (Å²) < 4.78 is 51.5. The fraction of sp³-hybridized carbons (Fsp3) is 0.0909. The van der Waals surface area contributed by atoms with Crippen molar-refractivity contribution in [1.82, 2.24) is 0 Å². The maximum Gasteiger partial charge on any atom is 0.271 e. The average molecular weight is 332 g/mol. The maximum atomic E-state index is 12.1. The quantitative estimate of drug-likeness (QED) is 0.875. The summed E-state index contributed by atoms with van der Waals surface area (Å²) in [7, 11) is -7.21. The second kappa shape index (κ2) is 5.43. The highest BCUT2D eigenvalue weighted by Crippen LogP contribution is 2.26. The van der Waals surface area contributed by atoms with Gasteiger partial charge in [-0.3, -0.25) is 9.44 Å². The average Bonchev–Trinajstić information content (AvgIpc) is 2.83. The molecule has 1 heterocycles. The zero-order chi connectivity index (χ0) is 14.8. The molecule has 2 N–H and O–H groups in total. The minimum atomic E-state index is -3.71. The second-order valence-electron chi connectivity index (χ2n) is 3.96. The molecule has 108 valence electrons. The van der Waals surface area contributed by atoms with E-state index in [1.54, 1.807) is 23.6 Å². The van der Waals surface area contributed by atoms with Crippen molar-refractivity contribution >= 4 is 42.8 Å². The lowest BCUT2D eigenvalue weighted by molar-refractivity contribution is 0.602. The Morgan fingerprint density at radius 1 is 0.900 bits per heavy atom. The van der Waals surface area contributed by atoms with E-state index in [9.17, 15) is 16.8 Å². The van der Waals surface area contributed by atoms with E-state index in [1.165, 1.54) is 18.2 Å². The van der Waals surface area contributed by atoms with Gasteiger partial charge in [-0.15, -0.1) is 11.3 Å². The summed E-state index contributed by atoms with van der Waals surface area (Å²) in [6.45, 7) is 0. The molecule has 9 heteroatoms. The van der Waals surface area contributed by atoms with Gasteiger partial charge in [-0.2, -0.15) is 0 Å². The molecular formula is C11H12N2O4S3.